The zero-order valence-electron chi connectivity index (χ0n) is 17.6. The second-order valence-corrected chi connectivity index (χ2v) is 9.13. The highest BCUT2D eigenvalue weighted by Crippen LogP contribution is 2.43. The van der Waals surface area contributed by atoms with Crippen molar-refractivity contribution in [2.45, 2.75) is 50.7 Å². The van der Waals surface area contributed by atoms with Crippen LogP contribution in [0, 0.1) is 5.92 Å². The van der Waals surface area contributed by atoms with Crippen LogP contribution in [-0.4, -0.2) is 41.6 Å². The smallest absolute Gasteiger partial charge is 0.252 e. The van der Waals surface area contributed by atoms with Crippen molar-refractivity contribution in [1.82, 2.24) is 15.5 Å². The second kappa shape index (κ2) is 8.05. The third-order valence-corrected chi connectivity index (χ3v) is 7.26. The van der Waals surface area contributed by atoms with Crippen molar-refractivity contribution < 1.29 is 9.90 Å². The van der Waals surface area contributed by atoms with Crippen LogP contribution < -0.4 is 10.6 Å². The lowest BCUT2D eigenvalue weighted by Gasteiger charge is -2.49. The molecule has 0 aromatic heterocycles. The number of hydrogen-bond donors (Lipinski definition) is 3. The van der Waals surface area contributed by atoms with Crippen molar-refractivity contribution in [2.75, 3.05) is 19.6 Å². The first kappa shape index (κ1) is 19.6. The van der Waals surface area contributed by atoms with Gasteiger partial charge in [0.15, 0.2) is 0 Å². The summed E-state index contributed by atoms with van der Waals surface area (Å²) in [6, 6.07) is 14.2. The number of nitrogens with one attached hydrogen (secondary N) is 2. The van der Waals surface area contributed by atoms with Gasteiger partial charge in [0.2, 0.25) is 0 Å². The molecule has 1 amide bonds. The van der Waals surface area contributed by atoms with Gasteiger partial charge in [0.05, 0.1) is 6.04 Å². The quantitative estimate of drug-likeness (QED) is 0.731. The Labute approximate surface area is 178 Å². The molecule has 3 aliphatic heterocycles. The third-order valence-electron chi connectivity index (χ3n) is 7.26. The number of nitrogens with zero attached hydrogens (tertiary/aromatic N) is 1. The van der Waals surface area contributed by atoms with Crippen LogP contribution in [0.3, 0.4) is 0 Å². The van der Waals surface area contributed by atoms with Crippen LogP contribution in [0.5, 0.6) is 5.75 Å². The molecule has 5 heteroatoms. The lowest BCUT2D eigenvalue weighted by atomic mass is 9.76. The first-order valence-electron chi connectivity index (χ1n) is 11.3. The molecule has 3 aliphatic rings. The molecular formula is C25H31N3O2. The monoisotopic (exact) mass is 405 g/mol. The minimum atomic E-state index is -0.0981. The summed E-state index contributed by atoms with van der Waals surface area (Å²) in [5, 5.41) is 17.2. The summed E-state index contributed by atoms with van der Waals surface area (Å²) in [6.45, 7) is 5.21. The van der Waals surface area contributed by atoms with Crippen molar-refractivity contribution in [3.05, 3.63) is 64.7 Å². The number of amides is 1. The molecule has 158 valence electrons. The first-order chi connectivity index (χ1) is 14.6. The molecule has 0 saturated carbocycles. The van der Waals surface area contributed by atoms with E-state index in [0.29, 0.717) is 17.5 Å². The molecule has 2 aromatic carbocycles. The molecule has 1 unspecified atom stereocenters. The van der Waals surface area contributed by atoms with Gasteiger partial charge in [-0.05, 0) is 73.9 Å². The van der Waals surface area contributed by atoms with E-state index in [-0.39, 0.29) is 23.7 Å². The second-order valence-electron chi connectivity index (χ2n) is 9.13. The Hall–Kier alpha value is -2.37. The summed E-state index contributed by atoms with van der Waals surface area (Å²) < 4.78 is 0. The number of carbonyl (C=O) groups is 1. The Morgan fingerprint density at radius 1 is 1.27 bits per heavy atom. The van der Waals surface area contributed by atoms with Crippen LogP contribution in [-0.2, 0) is 6.42 Å². The highest BCUT2D eigenvalue weighted by atomic mass is 16.3. The van der Waals surface area contributed by atoms with Crippen molar-refractivity contribution in [1.29, 1.82) is 0 Å². The molecule has 2 fully saturated rings. The van der Waals surface area contributed by atoms with E-state index in [1.54, 1.807) is 6.07 Å². The fourth-order valence-corrected chi connectivity index (χ4v) is 5.73. The average molecular weight is 406 g/mol. The molecule has 30 heavy (non-hydrogen) atoms. The fraction of sp³-hybridized carbons (Fsp3) is 0.480. The number of piperidine rings is 2. The number of phenolic OH excluding ortho intramolecular Hbond substituents is 1. The predicted molar refractivity (Wildman–Crippen MR) is 118 cm³/mol. The van der Waals surface area contributed by atoms with E-state index in [1.807, 2.05) is 43.3 Å². The van der Waals surface area contributed by atoms with Gasteiger partial charge in [0.1, 0.15) is 5.75 Å². The largest absolute Gasteiger partial charge is 0.508 e. The summed E-state index contributed by atoms with van der Waals surface area (Å²) >= 11 is 0. The topological polar surface area (TPSA) is 64.6 Å². The number of fused-ring (bicyclic) bond motifs is 4. The van der Waals surface area contributed by atoms with Crippen LogP contribution in [0.2, 0.25) is 0 Å². The van der Waals surface area contributed by atoms with E-state index in [2.05, 4.69) is 15.5 Å². The average Bonchev–Trinajstić information content (AvgIpc) is 2.77. The molecular weight excluding hydrogens is 374 g/mol. The van der Waals surface area contributed by atoms with E-state index in [1.165, 1.54) is 12.8 Å². The molecule has 3 N–H and O–H groups in total. The minimum Gasteiger partial charge on any atom is -0.508 e. The Kier molecular flexibility index (Phi) is 5.25. The number of hydrogen-bond acceptors (Lipinski definition) is 4. The van der Waals surface area contributed by atoms with Gasteiger partial charge in [-0.1, -0.05) is 30.3 Å². The molecule has 5 rings (SSSR count). The van der Waals surface area contributed by atoms with Crippen molar-refractivity contribution >= 4 is 5.91 Å². The van der Waals surface area contributed by atoms with Gasteiger partial charge in [0, 0.05) is 30.7 Å². The summed E-state index contributed by atoms with van der Waals surface area (Å²) in [5.74, 6) is 0.798. The maximum absolute atomic E-state index is 13.4. The maximum atomic E-state index is 13.4. The summed E-state index contributed by atoms with van der Waals surface area (Å²) in [5.41, 5.74) is 3.97. The lowest BCUT2D eigenvalue weighted by molar-refractivity contribution is 0.0542. The predicted octanol–water partition coefficient (Wildman–Crippen LogP) is 3.55. The summed E-state index contributed by atoms with van der Waals surface area (Å²) in [6.07, 6.45) is 4.48. The highest BCUT2D eigenvalue weighted by molar-refractivity contribution is 5.97. The van der Waals surface area contributed by atoms with Gasteiger partial charge in [-0.15, -0.1) is 0 Å². The molecule has 0 spiro atoms. The van der Waals surface area contributed by atoms with Crippen LogP contribution >= 0.6 is 0 Å². The minimum absolute atomic E-state index is 0.0906. The van der Waals surface area contributed by atoms with Crippen molar-refractivity contribution in [3.63, 3.8) is 0 Å². The van der Waals surface area contributed by atoms with Gasteiger partial charge in [-0.2, -0.15) is 0 Å². The van der Waals surface area contributed by atoms with Crippen LogP contribution in [0.1, 0.15) is 65.3 Å². The number of aromatic hydroxyl groups is 1. The van der Waals surface area contributed by atoms with Gasteiger partial charge in [-0.3, -0.25) is 9.69 Å². The number of phenols is 1. The third kappa shape index (κ3) is 3.61. The number of benzene rings is 2. The summed E-state index contributed by atoms with van der Waals surface area (Å²) in [7, 11) is 0. The zero-order valence-corrected chi connectivity index (χ0v) is 17.6. The van der Waals surface area contributed by atoms with E-state index in [9.17, 15) is 9.90 Å². The molecule has 4 atom stereocenters. The van der Waals surface area contributed by atoms with Crippen molar-refractivity contribution in [2.24, 2.45) is 5.92 Å². The molecule has 0 aliphatic carbocycles. The summed E-state index contributed by atoms with van der Waals surface area (Å²) in [4.78, 5) is 15.9. The molecule has 0 radical (unpaired) electrons. The van der Waals surface area contributed by atoms with E-state index in [0.717, 1.165) is 49.2 Å². The van der Waals surface area contributed by atoms with Crippen LogP contribution in [0.4, 0.5) is 0 Å². The fourth-order valence-electron chi connectivity index (χ4n) is 5.73. The molecule has 2 saturated heterocycles. The number of carbonyl (C=O) groups excluding carboxylic acids is 1. The maximum Gasteiger partial charge on any atom is 0.252 e. The van der Waals surface area contributed by atoms with Gasteiger partial charge < -0.3 is 15.7 Å². The van der Waals surface area contributed by atoms with Crippen LogP contribution in [0.15, 0.2) is 42.5 Å². The lowest BCUT2D eigenvalue weighted by Crippen LogP contribution is -2.55. The normalized spacial score (nSPS) is 26.8. The highest BCUT2D eigenvalue weighted by Gasteiger charge is 2.41. The number of rotatable bonds is 3. The van der Waals surface area contributed by atoms with Crippen molar-refractivity contribution in [3.8, 4) is 5.75 Å². The van der Waals surface area contributed by atoms with Gasteiger partial charge in [0.25, 0.3) is 5.91 Å². The Bertz CT molecular complexity index is 929. The van der Waals surface area contributed by atoms with E-state index in [4.69, 9.17) is 0 Å². The Balaban J connectivity index is 1.45. The van der Waals surface area contributed by atoms with Gasteiger partial charge in [-0.25, -0.2) is 0 Å². The molecule has 3 heterocycles. The van der Waals surface area contributed by atoms with E-state index >= 15 is 0 Å². The molecule has 2 aromatic rings. The Morgan fingerprint density at radius 3 is 2.93 bits per heavy atom. The first-order valence-corrected chi connectivity index (χ1v) is 11.3. The molecule has 0 bridgehead atoms. The van der Waals surface area contributed by atoms with Crippen LogP contribution in [0.25, 0.3) is 0 Å². The standard InChI is InChI=1S/C25H31N3O2/c1-16(17-6-3-2-4-7-17)27-25(30)21-13-20(29)12-18-9-11-28-15-19-8-5-10-26-22(19)14-23(28)24(18)21/h2-4,6-7,12-13,16,19,22-23,26,29H,5,8-11,14-15H2,1H3,(H,27,30)/t16?,19-,22+,23-/m1/s1. The Morgan fingerprint density at radius 2 is 2.10 bits per heavy atom. The van der Waals surface area contributed by atoms with Gasteiger partial charge >= 0.3 is 0 Å². The van der Waals surface area contributed by atoms with E-state index < -0.39 is 0 Å². The zero-order chi connectivity index (χ0) is 20.7. The molecule has 5 nitrogen and oxygen atoms in total. The SMILES string of the molecule is CC(NC(=O)c1cc(O)cc2c1[C@H]1C[C@@H]3NCCC[C@@H]3CN1CC2)c1ccccc1.